The van der Waals surface area contributed by atoms with Crippen molar-refractivity contribution in [3.63, 3.8) is 0 Å². The summed E-state index contributed by atoms with van der Waals surface area (Å²) < 4.78 is 0. The van der Waals surface area contributed by atoms with Crippen LogP contribution in [0, 0.1) is 5.92 Å². The Kier molecular flexibility index (Phi) is 5.67. The van der Waals surface area contributed by atoms with Gasteiger partial charge in [0.1, 0.15) is 0 Å². The molecule has 1 unspecified atom stereocenters. The van der Waals surface area contributed by atoms with Crippen molar-refractivity contribution in [1.29, 1.82) is 0 Å². The lowest BCUT2D eigenvalue weighted by atomic mass is 9.96. The van der Waals surface area contributed by atoms with E-state index in [-0.39, 0.29) is 12.1 Å². The summed E-state index contributed by atoms with van der Waals surface area (Å²) in [7, 11) is 0. The lowest BCUT2D eigenvalue weighted by Gasteiger charge is -2.30. The summed E-state index contributed by atoms with van der Waals surface area (Å²) in [5.41, 5.74) is -0.0569. The Labute approximate surface area is 118 Å². The topological polar surface area (TPSA) is 35.5 Å². The Balaban J connectivity index is 1.66. The van der Waals surface area contributed by atoms with Crippen LogP contribution in [-0.4, -0.2) is 47.8 Å². The first-order valence-electron chi connectivity index (χ1n) is 8.26. The minimum atomic E-state index is -0.0569. The molecule has 0 bridgehead atoms. The van der Waals surface area contributed by atoms with E-state index in [2.05, 4.69) is 24.1 Å². The average molecular weight is 268 g/mol. The van der Waals surface area contributed by atoms with Crippen LogP contribution < -0.4 is 5.32 Å². The molecule has 0 aliphatic heterocycles. The number of nitrogens with one attached hydrogen (secondary N) is 1. The van der Waals surface area contributed by atoms with E-state index in [9.17, 15) is 5.11 Å². The fourth-order valence-electron chi connectivity index (χ4n) is 2.89. The second-order valence-corrected chi connectivity index (χ2v) is 6.98. The smallest absolute Gasteiger partial charge is 0.0610 e. The number of rotatable bonds is 11. The highest BCUT2D eigenvalue weighted by atomic mass is 16.3. The summed E-state index contributed by atoms with van der Waals surface area (Å²) in [6.45, 7) is 8.46. The van der Waals surface area contributed by atoms with E-state index in [1.165, 1.54) is 58.2 Å². The molecule has 2 fully saturated rings. The monoisotopic (exact) mass is 268 g/mol. The lowest BCUT2D eigenvalue weighted by molar-refractivity contribution is 0.153. The van der Waals surface area contributed by atoms with Crippen LogP contribution in [0.25, 0.3) is 0 Å². The van der Waals surface area contributed by atoms with E-state index in [0.717, 1.165) is 12.3 Å². The highest BCUT2D eigenvalue weighted by molar-refractivity contribution is 4.92. The third-order valence-corrected chi connectivity index (χ3v) is 4.43. The fraction of sp³-hybridized carbons (Fsp3) is 1.00. The number of hydrogen-bond donors (Lipinski definition) is 2. The zero-order chi connectivity index (χ0) is 13.7. The van der Waals surface area contributed by atoms with Gasteiger partial charge in [-0.2, -0.15) is 0 Å². The van der Waals surface area contributed by atoms with Crippen molar-refractivity contribution in [2.75, 3.05) is 26.2 Å². The molecule has 2 rings (SSSR count). The molecule has 19 heavy (non-hydrogen) atoms. The van der Waals surface area contributed by atoms with Gasteiger partial charge in [0.05, 0.1) is 6.61 Å². The molecule has 2 aliphatic carbocycles. The maximum Gasteiger partial charge on any atom is 0.0610 e. The first kappa shape index (κ1) is 15.3. The molecule has 0 aromatic carbocycles. The third-order valence-electron chi connectivity index (χ3n) is 4.43. The van der Waals surface area contributed by atoms with Gasteiger partial charge in [-0.15, -0.1) is 0 Å². The highest BCUT2D eigenvalue weighted by Crippen LogP contribution is 2.30. The Bertz CT molecular complexity index is 263. The summed E-state index contributed by atoms with van der Waals surface area (Å²) in [6, 6.07) is 0.676. The summed E-state index contributed by atoms with van der Waals surface area (Å²) in [4.78, 5) is 2.63. The largest absolute Gasteiger partial charge is 0.394 e. The van der Waals surface area contributed by atoms with Gasteiger partial charge in [-0.1, -0.05) is 6.92 Å². The molecule has 0 radical (unpaired) electrons. The molecule has 0 aromatic rings. The molecule has 2 N–H and O–H groups in total. The average Bonchev–Trinajstić information content (AvgIpc) is 3.26. The molecule has 3 heteroatoms. The van der Waals surface area contributed by atoms with Crippen molar-refractivity contribution < 1.29 is 5.11 Å². The van der Waals surface area contributed by atoms with E-state index in [4.69, 9.17) is 0 Å². The molecular weight excluding hydrogens is 236 g/mol. The van der Waals surface area contributed by atoms with E-state index in [1.807, 2.05) is 0 Å². The number of hydrogen-bond acceptors (Lipinski definition) is 3. The zero-order valence-electron chi connectivity index (χ0n) is 12.8. The van der Waals surface area contributed by atoms with Crippen LogP contribution >= 0.6 is 0 Å². The van der Waals surface area contributed by atoms with Crippen molar-refractivity contribution in [2.45, 2.75) is 70.4 Å². The quantitative estimate of drug-likeness (QED) is 0.604. The molecule has 112 valence electrons. The standard InChI is InChI=1S/C16H32N2O/c1-3-10-18(12-14-5-6-14)11-4-9-16(2,13-19)17-15-7-8-15/h14-15,17,19H,3-13H2,1-2H3. The van der Waals surface area contributed by atoms with Crippen LogP contribution in [0.5, 0.6) is 0 Å². The minimum Gasteiger partial charge on any atom is -0.394 e. The third kappa shape index (κ3) is 5.80. The normalized spacial score (nSPS) is 22.7. The van der Waals surface area contributed by atoms with E-state index in [0.29, 0.717) is 6.04 Å². The maximum atomic E-state index is 9.61. The summed E-state index contributed by atoms with van der Waals surface area (Å²) >= 11 is 0. The Hall–Kier alpha value is -0.120. The molecule has 0 heterocycles. The summed E-state index contributed by atoms with van der Waals surface area (Å²) in [5, 5.41) is 13.2. The van der Waals surface area contributed by atoms with Gasteiger partial charge in [0.2, 0.25) is 0 Å². The molecule has 3 nitrogen and oxygen atoms in total. The Morgan fingerprint density at radius 2 is 1.95 bits per heavy atom. The number of aliphatic hydroxyl groups is 1. The predicted molar refractivity (Wildman–Crippen MR) is 80.3 cm³/mol. The van der Waals surface area contributed by atoms with Crippen LogP contribution in [0.15, 0.2) is 0 Å². The minimum absolute atomic E-state index is 0.0569. The first-order chi connectivity index (χ1) is 9.15. The SMILES string of the molecule is CCCN(CCCC(C)(CO)NC1CC1)CC1CC1. The van der Waals surface area contributed by atoms with Gasteiger partial charge in [0, 0.05) is 18.1 Å². The molecular formula is C16H32N2O. The summed E-state index contributed by atoms with van der Waals surface area (Å²) in [5.74, 6) is 0.986. The first-order valence-corrected chi connectivity index (χ1v) is 8.26. The maximum absolute atomic E-state index is 9.61. The van der Waals surface area contributed by atoms with Crippen molar-refractivity contribution in [3.8, 4) is 0 Å². The van der Waals surface area contributed by atoms with Gasteiger partial charge in [0.15, 0.2) is 0 Å². The fourth-order valence-corrected chi connectivity index (χ4v) is 2.89. The van der Waals surface area contributed by atoms with Gasteiger partial charge in [-0.05, 0) is 70.9 Å². The van der Waals surface area contributed by atoms with E-state index >= 15 is 0 Å². The van der Waals surface area contributed by atoms with Crippen molar-refractivity contribution in [2.24, 2.45) is 5.92 Å². The van der Waals surface area contributed by atoms with Gasteiger partial charge in [0.25, 0.3) is 0 Å². The zero-order valence-corrected chi connectivity index (χ0v) is 12.8. The second kappa shape index (κ2) is 7.05. The van der Waals surface area contributed by atoms with Gasteiger partial charge in [-0.3, -0.25) is 0 Å². The van der Waals surface area contributed by atoms with Crippen LogP contribution in [-0.2, 0) is 0 Å². The summed E-state index contributed by atoms with van der Waals surface area (Å²) in [6.07, 6.45) is 9.01. The van der Waals surface area contributed by atoms with Gasteiger partial charge < -0.3 is 15.3 Å². The molecule has 0 amide bonds. The molecule has 0 saturated heterocycles. The number of aliphatic hydroxyl groups excluding tert-OH is 1. The Morgan fingerprint density at radius 3 is 2.47 bits per heavy atom. The second-order valence-electron chi connectivity index (χ2n) is 6.98. The molecule has 0 aromatic heterocycles. The van der Waals surface area contributed by atoms with Crippen LogP contribution in [0.1, 0.15) is 58.8 Å². The van der Waals surface area contributed by atoms with Crippen molar-refractivity contribution >= 4 is 0 Å². The van der Waals surface area contributed by atoms with Gasteiger partial charge in [-0.25, -0.2) is 0 Å². The molecule has 0 spiro atoms. The van der Waals surface area contributed by atoms with Crippen LogP contribution in [0.2, 0.25) is 0 Å². The Morgan fingerprint density at radius 1 is 1.21 bits per heavy atom. The van der Waals surface area contributed by atoms with E-state index < -0.39 is 0 Å². The molecule has 2 aliphatic rings. The van der Waals surface area contributed by atoms with Crippen LogP contribution in [0.4, 0.5) is 0 Å². The lowest BCUT2D eigenvalue weighted by Crippen LogP contribution is -2.47. The van der Waals surface area contributed by atoms with E-state index in [1.54, 1.807) is 0 Å². The molecule has 2 saturated carbocycles. The van der Waals surface area contributed by atoms with Crippen molar-refractivity contribution in [3.05, 3.63) is 0 Å². The van der Waals surface area contributed by atoms with Crippen LogP contribution in [0.3, 0.4) is 0 Å². The predicted octanol–water partition coefficient (Wildman–Crippen LogP) is 2.39. The van der Waals surface area contributed by atoms with Crippen molar-refractivity contribution in [1.82, 2.24) is 10.2 Å². The number of nitrogens with zero attached hydrogens (tertiary/aromatic N) is 1. The highest BCUT2D eigenvalue weighted by Gasteiger charge is 2.31. The van der Waals surface area contributed by atoms with Gasteiger partial charge >= 0.3 is 0 Å². The molecule has 1 atom stereocenters.